The van der Waals surface area contributed by atoms with Crippen molar-refractivity contribution in [1.82, 2.24) is 5.32 Å². The summed E-state index contributed by atoms with van der Waals surface area (Å²) >= 11 is 8.62. The number of ether oxygens (including phenoxy) is 1. The molecule has 1 N–H and O–H groups in total. The highest BCUT2D eigenvalue weighted by molar-refractivity contribution is 8.22. The summed E-state index contributed by atoms with van der Waals surface area (Å²) in [5, 5.41) is 6.72. The van der Waals surface area contributed by atoms with Crippen LogP contribution < -0.4 is 5.32 Å². The maximum absolute atomic E-state index is 11.0. The number of nitrogens with one attached hydrogen (secondary N) is 1. The van der Waals surface area contributed by atoms with E-state index in [1.807, 2.05) is 0 Å². The van der Waals surface area contributed by atoms with Crippen molar-refractivity contribution in [2.75, 3.05) is 12.9 Å². The number of carbonyl (C=O) groups is 1. The standard InChI is InChI=1S/C15H17NO2S3/c1-18-14(17)7-4-8-20-15(19)16-9-11-10-21-13-6-3-2-5-12(11)13/h2-3,5-6,10H,4,7-9H2,1H3,(H,16,19). The Labute approximate surface area is 138 Å². The zero-order valence-corrected chi connectivity index (χ0v) is 14.2. The lowest BCUT2D eigenvalue weighted by Gasteiger charge is -2.06. The maximum atomic E-state index is 11.0. The lowest BCUT2D eigenvalue weighted by molar-refractivity contribution is -0.140. The molecule has 21 heavy (non-hydrogen) atoms. The summed E-state index contributed by atoms with van der Waals surface area (Å²) < 4.78 is 6.67. The summed E-state index contributed by atoms with van der Waals surface area (Å²) in [6.07, 6.45) is 1.22. The predicted molar refractivity (Wildman–Crippen MR) is 95.0 cm³/mol. The second-order valence-electron chi connectivity index (χ2n) is 4.43. The Morgan fingerprint density at radius 1 is 1.43 bits per heavy atom. The molecule has 0 aliphatic heterocycles. The predicted octanol–water partition coefficient (Wildman–Crippen LogP) is 3.96. The van der Waals surface area contributed by atoms with Gasteiger partial charge >= 0.3 is 5.97 Å². The third-order valence-corrected chi connectivity index (χ3v) is 5.38. The Hall–Kier alpha value is -1.11. The van der Waals surface area contributed by atoms with Crippen LogP contribution in [0.3, 0.4) is 0 Å². The molecule has 0 amide bonds. The topological polar surface area (TPSA) is 38.3 Å². The van der Waals surface area contributed by atoms with E-state index in [9.17, 15) is 4.79 Å². The van der Waals surface area contributed by atoms with E-state index in [4.69, 9.17) is 12.2 Å². The van der Waals surface area contributed by atoms with Crippen LogP contribution in [0, 0.1) is 0 Å². The molecule has 2 rings (SSSR count). The van der Waals surface area contributed by atoms with Gasteiger partial charge in [0.1, 0.15) is 4.32 Å². The van der Waals surface area contributed by atoms with Gasteiger partial charge in [0.05, 0.1) is 7.11 Å². The van der Waals surface area contributed by atoms with Crippen molar-refractivity contribution < 1.29 is 9.53 Å². The fourth-order valence-electron chi connectivity index (χ4n) is 1.87. The van der Waals surface area contributed by atoms with Crippen LogP contribution in [-0.4, -0.2) is 23.2 Å². The fraction of sp³-hybridized carbons (Fsp3) is 0.333. The van der Waals surface area contributed by atoms with E-state index < -0.39 is 0 Å². The first-order valence-electron chi connectivity index (χ1n) is 6.63. The van der Waals surface area contributed by atoms with E-state index in [1.165, 1.54) is 22.8 Å². The van der Waals surface area contributed by atoms with E-state index in [1.54, 1.807) is 23.1 Å². The molecule has 3 nitrogen and oxygen atoms in total. The average Bonchev–Trinajstić information content (AvgIpc) is 2.92. The maximum Gasteiger partial charge on any atom is 0.305 e. The number of rotatable bonds is 6. The quantitative estimate of drug-likeness (QED) is 0.490. The van der Waals surface area contributed by atoms with Crippen molar-refractivity contribution in [3.63, 3.8) is 0 Å². The number of thiophene rings is 1. The van der Waals surface area contributed by atoms with Crippen molar-refractivity contribution in [3.8, 4) is 0 Å². The first kappa shape index (κ1) is 16.3. The first-order valence-corrected chi connectivity index (χ1v) is 8.90. The first-order chi connectivity index (χ1) is 10.2. The second kappa shape index (κ2) is 8.36. The largest absolute Gasteiger partial charge is 0.469 e. The average molecular weight is 340 g/mol. The third kappa shape index (κ3) is 4.98. The Kier molecular flexibility index (Phi) is 6.48. The van der Waals surface area contributed by atoms with E-state index in [2.05, 4.69) is 39.7 Å². The molecule has 0 saturated heterocycles. The van der Waals surface area contributed by atoms with Gasteiger partial charge in [-0.1, -0.05) is 42.2 Å². The molecule has 0 radical (unpaired) electrons. The highest BCUT2D eigenvalue weighted by Crippen LogP contribution is 2.25. The number of benzene rings is 1. The third-order valence-electron chi connectivity index (χ3n) is 2.97. The zero-order chi connectivity index (χ0) is 15.1. The highest BCUT2D eigenvalue weighted by Gasteiger charge is 2.05. The van der Waals surface area contributed by atoms with E-state index >= 15 is 0 Å². The molecule has 0 aliphatic carbocycles. The Bertz CT molecular complexity index is 624. The van der Waals surface area contributed by atoms with Crippen molar-refractivity contribution >= 4 is 55.7 Å². The van der Waals surface area contributed by atoms with Crippen LogP contribution in [-0.2, 0) is 16.1 Å². The van der Waals surface area contributed by atoms with E-state index in [0.717, 1.165) is 23.0 Å². The number of hydrogen-bond donors (Lipinski definition) is 1. The summed E-state index contributed by atoms with van der Waals surface area (Å²) in [7, 11) is 1.41. The van der Waals surface area contributed by atoms with Crippen LogP contribution in [0.2, 0.25) is 0 Å². The molecule has 1 aromatic heterocycles. The van der Waals surface area contributed by atoms with Crippen molar-refractivity contribution in [2.45, 2.75) is 19.4 Å². The zero-order valence-electron chi connectivity index (χ0n) is 11.8. The smallest absolute Gasteiger partial charge is 0.305 e. The Morgan fingerprint density at radius 3 is 3.05 bits per heavy atom. The fourth-order valence-corrected chi connectivity index (χ4v) is 3.80. The van der Waals surface area contributed by atoms with Gasteiger partial charge in [-0.15, -0.1) is 11.3 Å². The normalized spacial score (nSPS) is 10.5. The summed E-state index contributed by atoms with van der Waals surface area (Å²) in [4.78, 5) is 11.0. The van der Waals surface area contributed by atoms with Gasteiger partial charge in [0, 0.05) is 23.4 Å². The van der Waals surface area contributed by atoms with Crippen LogP contribution in [0.1, 0.15) is 18.4 Å². The minimum Gasteiger partial charge on any atom is -0.469 e. The number of carbonyl (C=O) groups excluding carboxylic acids is 1. The number of fused-ring (bicyclic) bond motifs is 1. The summed E-state index contributed by atoms with van der Waals surface area (Å²) in [6, 6.07) is 8.37. The summed E-state index contributed by atoms with van der Waals surface area (Å²) in [5.41, 5.74) is 1.27. The van der Waals surface area contributed by atoms with Gasteiger partial charge in [0.15, 0.2) is 0 Å². The Morgan fingerprint density at radius 2 is 2.24 bits per heavy atom. The number of hydrogen-bond acceptors (Lipinski definition) is 5. The molecular formula is C15H17NO2S3. The van der Waals surface area contributed by atoms with Gasteiger partial charge in [-0.3, -0.25) is 4.79 Å². The number of thioether (sulfide) groups is 1. The molecule has 1 aromatic carbocycles. The van der Waals surface area contributed by atoms with Crippen LogP contribution >= 0.6 is 35.3 Å². The van der Waals surface area contributed by atoms with Crippen LogP contribution in [0.15, 0.2) is 29.6 Å². The lowest BCUT2D eigenvalue weighted by atomic mass is 10.2. The molecule has 2 aromatic rings. The Balaban J connectivity index is 1.73. The van der Waals surface area contributed by atoms with Crippen molar-refractivity contribution in [1.29, 1.82) is 0 Å². The molecule has 0 aliphatic rings. The lowest BCUT2D eigenvalue weighted by Crippen LogP contribution is -2.17. The van der Waals surface area contributed by atoms with Gasteiger partial charge in [-0.05, 0) is 28.8 Å². The molecule has 112 valence electrons. The number of esters is 1. The minimum atomic E-state index is -0.167. The minimum absolute atomic E-state index is 0.167. The summed E-state index contributed by atoms with van der Waals surface area (Å²) in [5.74, 6) is 0.657. The van der Waals surface area contributed by atoms with E-state index in [-0.39, 0.29) is 5.97 Å². The molecule has 0 atom stereocenters. The van der Waals surface area contributed by atoms with Crippen LogP contribution in [0.25, 0.3) is 10.1 Å². The molecule has 1 heterocycles. The molecule has 0 spiro atoms. The molecule has 0 bridgehead atoms. The van der Waals surface area contributed by atoms with Crippen molar-refractivity contribution in [2.24, 2.45) is 0 Å². The second-order valence-corrected chi connectivity index (χ2v) is 7.11. The molecule has 0 fully saturated rings. The van der Waals surface area contributed by atoms with Crippen LogP contribution in [0.5, 0.6) is 0 Å². The van der Waals surface area contributed by atoms with E-state index in [0.29, 0.717) is 6.42 Å². The van der Waals surface area contributed by atoms with Crippen LogP contribution in [0.4, 0.5) is 0 Å². The van der Waals surface area contributed by atoms with Crippen molar-refractivity contribution in [3.05, 3.63) is 35.2 Å². The molecule has 6 heteroatoms. The van der Waals surface area contributed by atoms with Gasteiger partial charge in [-0.25, -0.2) is 0 Å². The monoisotopic (exact) mass is 339 g/mol. The highest BCUT2D eigenvalue weighted by atomic mass is 32.2. The summed E-state index contributed by atoms with van der Waals surface area (Å²) in [6.45, 7) is 0.743. The number of methoxy groups -OCH3 is 1. The molecule has 0 saturated carbocycles. The molecular weight excluding hydrogens is 322 g/mol. The van der Waals surface area contributed by atoms with Gasteiger partial charge in [-0.2, -0.15) is 0 Å². The number of thiocarbonyl (C=S) groups is 1. The SMILES string of the molecule is COC(=O)CCCSC(=S)NCc1csc2ccccc12. The molecule has 0 unspecified atom stereocenters. The van der Waals surface area contributed by atoms with Gasteiger partial charge < -0.3 is 10.1 Å². The van der Waals surface area contributed by atoms with Gasteiger partial charge in [0.2, 0.25) is 0 Å². The van der Waals surface area contributed by atoms with Gasteiger partial charge in [0.25, 0.3) is 0 Å².